The standard InChI is InChI=1S/C15H15ClN2O3/c1-20-13-7-6-10(15(19)18-17)8-14(13)21-9-11-4-2-3-5-12(11)16/h2-8H,9,17H2,1H3,(H,18,19). The summed E-state index contributed by atoms with van der Waals surface area (Å²) < 4.78 is 10.9. The van der Waals surface area contributed by atoms with Crippen molar-refractivity contribution < 1.29 is 14.3 Å². The molecule has 3 N–H and O–H groups in total. The molecule has 0 aliphatic carbocycles. The zero-order valence-electron chi connectivity index (χ0n) is 11.4. The van der Waals surface area contributed by atoms with Crippen molar-refractivity contribution in [3.63, 3.8) is 0 Å². The minimum absolute atomic E-state index is 0.268. The number of amides is 1. The second-order valence-corrected chi connectivity index (χ2v) is 4.63. The number of carbonyl (C=O) groups is 1. The predicted molar refractivity (Wildman–Crippen MR) is 80.4 cm³/mol. The van der Waals surface area contributed by atoms with Gasteiger partial charge in [0.2, 0.25) is 0 Å². The van der Waals surface area contributed by atoms with Crippen LogP contribution in [0.2, 0.25) is 5.02 Å². The lowest BCUT2D eigenvalue weighted by molar-refractivity contribution is 0.0953. The van der Waals surface area contributed by atoms with Gasteiger partial charge in [0, 0.05) is 16.1 Å². The summed E-state index contributed by atoms with van der Waals surface area (Å²) in [6, 6.07) is 12.2. The van der Waals surface area contributed by atoms with Gasteiger partial charge in [-0.15, -0.1) is 0 Å². The number of halogens is 1. The molecule has 5 nitrogen and oxygen atoms in total. The SMILES string of the molecule is COc1ccc(C(=O)NN)cc1OCc1ccccc1Cl. The lowest BCUT2D eigenvalue weighted by atomic mass is 10.2. The summed E-state index contributed by atoms with van der Waals surface area (Å²) in [4.78, 5) is 11.5. The van der Waals surface area contributed by atoms with Crippen molar-refractivity contribution in [3.8, 4) is 11.5 Å². The number of carbonyl (C=O) groups excluding carboxylic acids is 1. The molecule has 0 aliphatic heterocycles. The Bertz CT molecular complexity index is 647. The Balaban J connectivity index is 2.21. The first-order valence-corrected chi connectivity index (χ1v) is 6.58. The summed E-state index contributed by atoms with van der Waals surface area (Å²) in [5, 5.41) is 0.618. The number of ether oxygens (including phenoxy) is 2. The quantitative estimate of drug-likeness (QED) is 0.506. The van der Waals surface area contributed by atoms with Gasteiger partial charge in [0.05, 0.1) is 7.11 Å². The van der Waals surface area contributed by atoms with Crippen LogP contribution in [0.4, 0.5) is 0 Å². The maximum absolute atomic E-state index is 11.5. The molecule has 0 aromatic heterocycles. The van der Waals surface area contributed by atoms with Crippen LogP contribution in [0, 0.1) is 0 Å². The van der Waals surface area contributed by atoms with Gasteiger partial charge in [-0.05, 0) is 24.3 Å². The Morgan fingerprint density at radius 2 is 2.00 bits per heavy atom. The van der Waals surface area contributed by atoms with Crippen LogP contribution >= 0.6 is 11.6 Å². The summed E-state index contributed by atoms with van der Waals surface area (Å²) >= 11 is 6.08. The summed E-state index contributed by atoms with van der Waals surface area (Å²) in [5.74, 6) is 5.68. The van der Waals surface area contributed by atoms with Gasteiger partial charge in [-0.1, -0.05) is 29.8 Å². The summed E-state index contributed by atoms with van der Waals surface area (Å²) in [7, 11) is 1.53. The van der Waals surface area contributed by atoms with E-state index in [0.717, 1.165) is 5.56 Å². The molecule has 0 aliphatic rings. The van der Waals surface area contributed by atoms with Crippen molar-refractivity contribution >= 4 is 17.5 Å². The third-order valence-corrected chi connectivity index (χ3v) is 3.27. The smallest absolute Gasteiger partial charge is 0.265 e. The van der Waals surface area contributed by atoms with Crippen LogP contribution in [0.3, 0.4) is 0 Å². The lowest BCUT2D eigenvalue weighted by Crippen LogP contribution is -2.29. The Labute approximate surface area is 127 Å². The van der Waals surface area contributed by atoms with E-state index in [2.05, 4.69) is 5.43 Å². The van der Waals surface area contributed by atoms with E-state index >= 15 is 0 Å². The topological polar surface area (TPSA) is 73.6 Å². The highest BCUT2D eigenvalue weighted by Gasteiger charge is 2.11. The van der Waals surface area contributed by atoms with E-state index in [9.17, 15) is 4.79 Å². The molecule has 21 heavy (non-hydrogen) atoms. The molecule has 0 saturated heterocycles. The highest BCUT2D eigenvalue weighted by molar-refractivity contribution is 6.31. The Hall–Kier alpha value is -2.24. The number of methoxy groups -OCH3 is 1. The number of hydrogen-bond acceptors (Lipinski definition) is 4. The number of hydrogen-bond donors (Lipinski definition) is 2. The molecule has 0 radical (unpaired) electrons. The van der Waals surface area contributed by atoms with Crippen molar-refractivity contribution in [3.05, 3.63) is 58.6 Å². The molecule has 2 aromatic carbocycles. The highest BCUT2D eigenvalue weighted by atomic mass is 35.5. The zero-order valence-corrected chi connectivity index (χ0v) is 12.2. The van der Waals surface area contributed by atoms with Gasteiger partial charge >= 0.3 is 0 Å². The minimum atomic E-state index is -0.403. The van der Waals surface area contributed by atoms with E-state index < -0.39 is 5.91 Å². The van der Waals surface area contributed by atoms with Crippen LogP contribution in [-0.4, -0.2) is 13.0 Å². The third kappa shape index (κ3) is 3.65. The maximum atomic E-state index is 11.5. The second-order valence-electron chi connectivity index (χ2n) is 4.22. The summed E-state index contributed by atoms with van der Waals surface area (Å²) in [6.07, 6.45) is 0. The molecule has 0 fully saturated rings. The van der Waals surface area contributed by atoms with Crippen molar-refractivity contribution in [2.75, 3.05) is 7.11 Å². The van der Waals surface area contributed by atoms with Gasteiger partial charge in [0.15, 0.2) is 11.5 Å². The van der Waals surface area contributed by atoms with Crippen molar-refractivity contribution in [2.24, 2.45) is 5.84 Å². The predicted octanol–water partition coefficient (Wildman–Crippen LogP) is 2.53. The largest absolute Gasteiger partial charge is 0.493 e. The number of rotatable bonds is 5. The van der Waals surface area contributed by atoms with Crippen molar-refractivity contribution in [1.29, 1.82) is 0 Å². The number of nitrogens with one attached hydrogen (secondary N) is 1. The first kappa shape index (κ1) is 15.2. The fraction of sp³-hybridized carbons (Fsp3) is 0.133. The van der Waals surface area contributed by atoms with Gasteiger partial charge in [0.25, 0.3) is 5.91 Å². The lowest BCUT2D eigenvalue weighted by Gasteiger charge is -2.12. The van der Waals surface area contributed by atoms with Crippen LogP contribution in [0.5, 0.6) is 11.5 Å². The Morgan fingerprint density at radius 1 is 1.24 bits per heavy atom. The average molecular weight is 307 g/mol. The van der Waals surface area contributed by atoms with Gasteiger partial charge in [0.1, 0.15) is 6.61 Å². The Morgan fingerprint density at radius 3 is 2.67 bits per heavy atom. The van der Waals surface area contributed by atoms with E-state index in [1.54, 1.807) is 24.3 Å². The molecule has 2 aromatic rings. The molecule has 6 heteroatoms. The fourth-order valence-electron chi connectivity index (χ4n) is 1.79. The number of benzene rings is 2. The molecular formula is C15H15ClN2O3. The molecule has 2 rings (SSSR count). The van der Waals surface area contributed by atoms with Gasteiger partial charge in [-0.2, -0.15) is 0 Å². The molecule has 0 spiro atoms. The van der Waals surface area contributed by atoms with Gasteiger partial charge < -0.3 is 9.47 Å². The molecule has 0 heterocycles. The van der Waals surface area contributed by atoms with E-state index in [1.807, 2.05) is 18.2 Å². The van der Waals surface area contributed by atoms with Crippen molar-refractivity contribution in [1.82, 2.24) is 5.43 Å². The third-order valence-electron chi connectivity index (χ3n) is 2.90. The molecule has 0 saturated carbocycles. The monoisotopic (exact) mass is 306 g/mol. The van der Waals surface area contributed by atoms with Crippen LogP contribution in [0.1, 0.15) is 15.9 Å². The normalized spacial score (nSPS) is 10.0. The summed E-state index contributed by atoms with van der Waals surface area (Å²) in [5.41, 5.74) is 3.30. The second kappa shape index (κ2) is 6.97. The fourth-order valence-corrected chi connectivity index (χ4v) is 1.98. The molecule has 0 unspecified atom stereocenters. The molecular weight excluding hydrogens is 292 g/mol. The Kier molecular flexibility index (Phi) is 5.03. The summed E-state index contributed by atoms with van der Waals surface area (Å²) in [6.45, 7) is 0.268. The minimum Gasteiger partial charge on any atom is -0.493 e. The first-order valence-electron chi connectivity index (χ1n) is 6.21. The van der Waals surface area contributed by atoms with Gasteiger partial charge in [-0.3, -0.25) is 10.2 Å². The van der Waals surface area contributed by atoms with E-state index in [4.69, 9.17) is 26.9 Å². The van der Waals surface area contributed by atoms with Crippen LogP contribution < -0.4 is 20.7 Å². The average Bonchev–Trinajstić information content (AvgIpc) is 2.53. The van der Waals surface area contributed by atoms with Crippen LogP contribution in [-0.2, 0) is 6.61 Å². The molecule has 110 valence electrons. The molecule has 1 amide bonds. The van der Waals surface area contributed by atoms with E-state index in [-0.39, 0.29) is 6.61 Å². The van der Waals surface area contributed by atoms with Crippen LogP contribution in [0.25, 0.3) is 0 Å². The maximum Gasteiger partial charge on any atom is 0.265 e. The number of nitrogen functional groups attached to an aromatic ring is 1. The van der Waals surface area contributed by atoms with Crippen molar-refractivity contribution in [2.45, 2.75) is 6.61 Å². The first-order chi connectivity index (χ1) is 10.2. The van der Waals surface area contributed by atoms with E-state index in [1.165, 1.54) is 7.11 Å². The molecule has 0 bridgehead atoms. The van der Waals surface area contributed by atoms with E-state index in [0.29, 0.717) is 22.1 Å². The van der Waals surface area contributed by atoms with Crippen LogP contribution in [0.15, 0.2) is 42.5 Å². The number of hydrazine groups is 1. The zero-order chi connectivity index (χ0) is 15.2. The number of nitrogens with two attached hydrogens (primary N) is 1. The highest BCUT2D eigenvalue weighted by Crippen LogP contribution is 2.29. The van der Waals surface area contributed by atoms with Gasteiger partial charge in [-0.25, -0.2) is 5.84 Å². The molecule has 0 atom stereocenters.